The zero-order valence-electron chi connectivity index (χ0n) is 11.2. The molecular weight excluding hydrogens is 270 g/mol. The molecule has 2 aromatic carbocycles. The molecule has 0 aliphatic carbocycles. The van der Waals surface area contributed by atoms with Gasteiger partial charge in [0.2, 0.25) is 5.60 Å². The monoisotopic (exact) mass is 283 g/mol. The number of para-hydroxylation sites is 2. The van der Waals surface area contributed by atoms with Crippen molar-refractivity contribution < 1.29 is 19.0 Å². The minimum absolute atomic E-state index is 0.201. The molecule has 2 aromatic rings. The average molecular weight is 283 g/mol. The Morgan fingerprint density at radius 2 is 1.67 bits per heavy atom. The van der Waals surface area contributed by atoms with Crippen molar-refractivity contribution in [2.75, 3.05) is 18.9 Å². The number of hydrogen-bond donors (Lipinski definition) is 1. The number of fused-ring (bicyclic) bond motifs is 3. The van der Waals surface area contributed by atoms with Gasteiger partial charge in [-0.1, -0.05) is 12.1 Å². The summed E-state index contributed by atoms with van der Waals surface area (Å²) in [5.74, 6) is 0.911. The van der Waals surface area contributed by atoms with Crippen LogP contribution in [0, 0.1) is 0 Å². The summed E-state index contributed by atoms with van der Waals surface area (Å²) < 4.78 is 17.2. The molecule has 0 aromatic heterocycles. The molecule has 0 saturated carbocycles. The Morgan fingerprint density at radius 3 is 2.33 bits per heavy atom. The summed E-state index contributed by atoms with van der Waals surface area (Å²) in [5, 5.41) is 0. The summed E-state index contributed by atoms with van der Waals surface area (Å²) in [6, 6.07) is 12.5. The van der Waals surface area contributed by atoms with E-state index in [4.69, 9.17) is 19.9 Å². The van der Waals surface area contributed by atoms with Gasteiger partial charge in [-0.15, -0.1) is 0 Å². The van der Waals surface area contributed by atoms with Crippen LogP contribution in [0.25, 0.3) is 0 Å². The molecule has 5 nitrogen and oxygen atoms in total. The van der Waals surface area contributed by atoms with E-state index in [0.717, 1.165) is 5.56 Å². The maximum absolute atomic E-state index is 12.1. The summed E-state index contributed by atoms with van der Waals surface area (Å²) in [4.78, 5) is 12.1. The first kappa shape index (κ1) is 12.1. The molecule has 0 bridgehead atoms. The first-order valence-electron chi connectivity index (χ1n) is 6.66. The number of anilines is 1. The Bertz CT molecular complexity index is 714. The molecule has 0 fully saturated rings. The number of esters is 1. The first-order valence-corrected chi connectivity index (χ1v) is 6.66. The predicted octanol–water partition coefficient (Wildman–Crippen LogP) is 2.11. The molecule has 2 N–H and O–H groups in total. The second kappa shape index (κ2) is 4.15. The molecule has 0 atom stereocenters. The van der Waals surface area contributed by atoms with E-state index >= 15 is 0 Å². The molecule has 21 heavy (non-hydrogen) atoms. The van der Waals surface area contributed by atoms with Gasteiger partial charge >= 0.3 is 5.97 Å². The molecule has 2 heterocycles. The summed E-state index contributed by atoms with van der Waals surface area (Å²) in [5.41, 5.74) is 6.71. The van der Waals surface area contributed by atoms with Crippen LogP contribution in [0.15, 0.2) is 42.5 Å². The molecule has 4 rings (SSSR count). The molecule has 106 valence electrons. The van der Waals surface area contributed by atoms with Crippen molar-refractivity contribution in [1.29, 1.82) is 0 Å². The van der Waals surface area contributed by atoms with Crippen molar-refractivity contribution in [3.63, 3.8) is 0 Å². The van der Waals surface area contributed by atoms with Gasteiger partial charge in [0.25, 0.3) is 0 Å². The van der Waals surface area contributed by atoms with E-state index in [1.165, 1.54) is 0 Å². The van der Waals surface area contributed by atoms with E-state index in [0.29, 0.717) is 22.7 Å². The smallest absolute Gasteiger partial charge is 0.339 e. The van der Waals surface area contributed by atoms with Gasteiger partial charge in [0, 0.05) is 11.3 Å². The fourth-order valence-electron chi connectivity index (χ4n) is 2.74. The minimum atomic E-state index is -0.944. The number of rotatable bonds is 0. The van der Waals surface area contributed by atoms with E-state index in [1.807, 2.05) is 24.3 Å². The van der Waals surface area contributed by atoms with Gasteiger partial charge in [-0.2, -0.15) is 0 Å². The lowest BCUT2D eigenvalue weighted by molar-refractivity contribution is -0.0481. The molecular formula is C16H13NO4. The van der Waals surface area contributed by atoms with E-state index in [9.17, 15) is 4.79 Å². The molecule has 0 unspecified atom stereocenters. The van der Waals surface area contributed by atoms with Gasteiger partial charge in [-0.05, 0) is 30.3 Å². The van der Waals surface area contributed by atoms with Crippen molar-refractivity contribution in [3.05, 3.63) is 53.6 Å². The van der Waals surface area contributed by atoms with Gasteiger partial charge in [-0.25, -0.2) is 4.79 Å². The summed E-state index contributed by atoms with van der Waals surface area (Å²) in [7, 11) is 0. The highest BCUT2D eigenvalue weighted by molar-refractivity contribution is 5.95. The molecule has 2 aliphatic heterocycles. The Balaban J connectivity index is 1.78. The number of nitrogen functional groups attached to an aromatic ring is 1. The van der Waals surface area contributed by atoms with Crippen LogP contribution in [-0.2, 0) is 10.3 Å². The fourth-order valence-corrected chi connectivity index (χ4v) is 2.74. The van der Waals surface area contributed by atoms with Gasteiger partial charge in [0.1, 0.15) is 13.2 Å². The number of benzene rings is 2. The van der Waals surface area contributed by atoms with Crippen molar-refractivity contribution in [1.82, 2.24) is 0 Å². The topological polar surface area (TPSA) is 70.8 Å². The Hall–Kier alpha value is -2.69. The molecule has 0 amide bonds. The standard InChI is InChI=1S/C16H13NO4/c17-10-5-6-11-12(7-10)16(21-15(11)18)8-19-13-3-1-2-4-14(13)20-9-16/h1-7H,8-9,17H2. The van der Waals surface area contributed by atoms with Gasteiger partial charge in [0.15, 0.2) is 11.5 Å². The van der Waals surface area contributed by atoms with E-state index in [1.54, 1.807) is 18.2 Å². The van der Waals surface area contributed by atoms with Crippen molar-refractivity contribution in [2.45, 2.75) is 5.60 Å². The van der Waals surface area contributed by atoms with E-state index in [2.05, 4.69) is 0 Å². The number of hydrogen-bond acceptors (Lipinski definition) is 5. The predicted molar refractivity (Wildman–Crippen MR) is 75.4 cm³/mol. The lowest BCUT2D eigenvalue weighted by Crippen LogP contribution is -2.38. The number of carbonyl (C=O) groups excluding carboxylic acids is 1. The van der Waals surface area contributed by atoms with Crippen molar-refractivity contribution in [2.24, 2.45) is 0 Å². The quantitative estimate of drug-likeness (QED) is 0.592. The van der Waals surface area contributed by atoms with Gasteiger partial charge in [0.05, 0.1) is 5.56 Å². The SMILES string of the molecule is Nc1ccc2c(c1)C1(COc3ccccc3OC1)OC2=O. The third-order valence-corrected chi connectivity index (χ3v) is 3.81. The average Bonchev–Trinajstić information content (AvgIpc) is 2.65. The van der Waals surface area contributed by atoms with Crippen LogP contribution in [-0.4, -0.2) is 19.2 Å². The summed E-state index contributed by atoms with van der Waals surface area (Å²) >= 11 is 0. The first-order chi connectivity index (χ1) is 10.2. The number of ether oxygens (including phenoxy) is 3. The lowest BCUT2D eigenvalue weighted by Gasteiger charge is -2.25. The van der Waals surface area contributed by atoms with Crippen LogP contribution in [0.5, 0.6) is 11.5 Å². The highest BCUT2D eigenvalue weighted by Gasteiger charge is 2.48. The van der Waals surface area contributed by atoms with Crippen LogP contribution < -0.4 is 15.2 Å². The van der Waals surface area contributed by atoms with Gasteiger partial charge in [-0.3, -0.25) is 0 Å². The third-order valence-electron chi connectivity index (χ3n) is 3.81. The normalized spacial score (nSPS) is 18.0. The fraction of sp³-hybridized carbons (Fsp3) is 0.188. The van der Waals surface area contributed by atoms with Gasteiger partial charge < -0.3 is 19.9 Å². The highest BCUT2D eigenvalue weighted by Crippen LogP contribution is 2.42. The van der Waals surface area contributed by atoms with E-state index < -0.39 is 5.60 Å². The molecule has 1 spiro atoms. The molecule has 0 saturated heterocycles. The number of nitrogens with two attached hydrogens (primary N) is 1. The van der Waals surface area contributed by atoms with Crippen molar-refractivity contribution >= 4 is 11.7 Å². The maximum atomic E-state index is 12.1. The molecule has 2 aliphatic rings. The Kier molecular flexibility index (Phi) is 2.39. The molecule has 5 heteroatoms. The van der Waals surface area contributed by atoms with Crippen LogP contribution in [0.4, 0.5) is 5.69 Å². The van der Waals surface area contributed by atoms with Crippen molar-refractivity contribution in [3.8, 4) is 11.5 Å². The second-order valence-corrected chi connectivity index (χ2v) is 5.21. The maximum Gasteiger partial charge on any atom is 0.339 e. The highest BCUT2D eigenvalue weighted by atomic mass is 16.6. The number of carbonyl (C=O) groups is 1. The van der Waals surface area contributed by atoms with E-state index in [-0.39, 0.29) is 19.2 Å². The van der Waals surface area contributed by atoms with Crippen LogP contribution in [0.1, 0.15) is 15.9 Å². The summed E-state index contributed by atoms with van der Waals surface area (Å²) in [6.45, 7) is 0.401. The Morgan fingerprint density at radius 1 is 1.00 bits per heavy atom. The zero-order valence-corrected chi connectivity index (χ0v) is 11.2. The van der Waals surface area contributed by atoms with Crippen LogP contribution in [0.2, 0.25) is 0 Å². The Labute approximate surface area is 121 Å². The second-order valence-electron chi connectivity index (χ2n) is 5.21. The minimum Gasteiger partial charge on any atom is -0.485 e. The summed E-state index contributed by atoms with van der Waals surface area (Å²) in [6.07, 6.45) is 0. The van der Waals surface area contributed by atoms with Crippen LogP contribution >= 0.6 is 0 Å². The van der Waals surface area contributed by atoms with Crippen LogP contribution in [0.3, 0.4) is 0 Å². The molecule has 0 radical (unpaired) electrons. The largest absolute Gasteiger partial charge is 0.485 e. The lowest BCUT2D eigenvalue weighted by atomic mass is 9.93. The third kappa shape index (κ3) is 1.74. The zero-order chi connectivity index (χ0) is 14.4.